The first-order chi connectivity index (χ1) is 15.4. The Morgan fingerprint density at radius 1 is 1.12 bits per heavy atom. The maximum absolute atomic E-state index is 12.6. The minimum Gasteiger partial charge on any atom is -0.471 e. The average molecular weight is 515 g/mol. The van der Waals surface area contributed by atoms with Crippen LogP contribution in [-0.2, 0) is 13.3 Å². The quantitative estimate of drug-likeness (QED) is 0.356. The van der Waals surface area contributed by atoms with Gasteiger partial charge in [-0.1, -0.05) is 39.7 Å². The van der Waals surface area contributed by atoms with Crippen molar-refractivity contribution in [2.75, 3.05) is 5.32 Å². The molecule has 32 heavy (non-hydrogen) atoms. The summed E-state index contributed by atoms with van der Waals surface area (Å²) in [5.41, 5.74) is 3.91. The molecular formula is C23H21BrClN5O2. The zero-order valence-corrected chi connectivity index (χ0v) is 19.9. The molecule has 1 amide bonds. The third-order valence-electron chi connectivity index (χ3n) is 4.91. The molecule has 0 fully saturated rings. The molecule has 0 aliphatic carbocycles. The summed E-state index contributed by atoms with van der Waals surface area (Å²) in [6.45, 7) is 4.65. The molecule has 2 aromatic carbocycles. The van der Waals surface area contributed by atoms with Crippen molar-refractivity contribution in [1.82, 2.24) is 19.6 Å². The molecule has 9 heteroatoms. The first-order valence-corrected chi connectivity index (χ1v) is 11.1. The Bertz CT molecular complexity index is 1230. The van der Waals surface area contributed by atoms with Crippen LogP contribution < -0.4 is 10.1 Å². The maximum atomic E-state index is 12.6. The normalized spacial score (nSPS) is 10.9. The molecule has 7 nitrogen and oxygen atoms in total. The summed E-state index contributed by atoms with van der Waals surface area (Å²) < 4.78 is 10.1. The largest absolute Gasteiger partial charge is 0.471 e. The fourth-order valence-electron chi connectivity index (χ4n) is 3.14. The monoisotopic (exact) mass is 513 g/mol. The van der Waals surface area contributed by atoms with E-state index in [1.807, 2.05) is 54.9 Å². The Morgan fingerprint density at radius 2 is 1.84 bits per heavy atom. The number of halogens is 2. The van der Waals surface area contributed by atoms with Crippen LogP contribution in [0.5, 0.6) is 5.75 Å². The van der Waals surface area contributed by atoms with Gasteiger partial charge in [-0.3, -0.25) is 9.48 Å². The summed E-state index contributed by atoms with van der Waals surface area (Å²) >= 11 is 9.60. The molecule has 0 atom stereocenters. The smallest absolute Gasteiger partial charge is 0.255 e. The Kier molecular flexibility index (Phi) is 6.62. The maximum Gasteiger partial charge on any atom is 0.255 e. The standard InChI is InChI=1S/C23H21BrClN5O2/c1-15-22(25)16(2)30(28-15)12-17-3-5-18(6-4-17)23(31)27-20-11-26-29(13-20)14-32-21-9-7-19(24)8-10-21/h3-11,13H,12,14H2,1-2H3,(H,27,31). The van der Waals surface area contributed by atoms with Crippen LogP contribution in [0.4, 0.5) is 5.69 Å². The van der Waals surface area contributed by atoms with E-state index in [0.29, 0.717) is 22.8 Å². The second kappa shape index (κ2) is 9.58. The molecule has 0 saturated carbocycles. The molecule has 0 spiro atoms. The second-order valence-electron chi connectivity index (χ2n) is 7.29. The van der Waals surface area contributed by atoms with Gasteiger partial charge in [-0.25, -0.2) is 4.68 Å². The molecule has 0 saturated heterocycles. The molecule has 1 N–H and O–H groups in total. The fourth-order valence-corrected chi connectivity index (χ4v) is 3.54. The predicted molar refractivity (Wildman–Crippen MR) is 127 cm³/mol. The Morgan fingerprint density at radius 3 is 2.50 bits per heavy atom. The minimum atomic E-state index is -0.209. The average Bonchev–Trinajstić information content (AvgIpc) is 3.33. The molecule has 2 heterocycles. The number of rotatable bonds is 7. The highest BCUT2D eigenvalue weighted by molar-refractivity contribution is 9.10. The number of hydrogen-bond acceptors (Lipinski definition) is 4. The van der Waals surface area contributed by atoms with Crippen LogP contribution in [-0.4, -0.2) is 25.5 Å². The molecule has 4 rings (SSSR count). The fraction of sp³-hybridized carbons (Fsp3) is 0.174. The van der Waals surface area contributed by atoms with Crippen molar-refractivity contribution < 1.29 is 9.53 Å². The lowest BCUT2D eigenvalue weighted by atomic mass is 10.1. The van der Waals surface area contributed by atoms with Crippen LogP contribution in [0.2, 0.25) is 5.02 Å². The number of carbonyl (C=O) groups is 1. The van der Waals surface area contributed by atoms with Gasteiger partial charge >= 0.3 is 0 Å². The predicted octanol–water partition coefficient (Wildman–Crippen LogP) is 5.45. The van der Waals surface area contributed by atoms with E-state index in [0.717, 1.165) is 27.2 Å². The summed E-state index contributed by atoms with van der Waals surface area (Å²) in [6, 6.07) is 14.9. The number of ether oxygens (including phenoxy) is 1. The van der Waals surface area contributed by atoms with E-state index in [1.54, 1.807) is 29.2 Å². The molecule has 2 aromatic heterocycles. The summed E-state index contributed by atoms with van der Waals surface area (Å²) in [5, 5.41) is 12.2. The lowest BCUT2D eigenvalue weighted by Crippen LogP contribution is -2.12. The third kappa shape index (κ3) is 5.20. The molecule has 0 bridgehead atoms. The van der Waals surface area contributed by atoms with Crippen LogP contribution >= 0.6 is 27.5 Å². The first-order valence-electron chi connectivity index (χ1n) is 9.89. The van der Waals surface area contributed by atoms with E-state index in [9.17, 15) is 4.79 Å². The van der Waals surface area contributed by atoms with Crippen LogP contribution in [0.15, 0.2) is 65.4 Å². The van der Waals surface area contributed by atoms with Gasteiger partial charge < -0.3 is 10.1 Å². The number of benzene rings is 2. The van der Waals surface area contributed by atoms with Crippen molar-refractivity contribution in [2.24, 2.45) is 0 Å². The topological polar surface area (TPSA) is 74.0 Å². The van der Waals surface area contributed by atoms with Gasteiger partial charge in [0, 0.05) is 10.0 Å². The summed E-state index contributed by atoms with van der Waals surface area (Å²) in [5.74, 6) is 0.524. The number of aryl methyl sites for hydroxylation is 1. The van der Waals surface area contributed by atoms with Gasteiger partial charge in [-0.05, 0) is 55.8 Å². The van der Waals surface area contributed by atoms with Gasteiger partial charge in [0.25, 0.3) is 5.91 Å². The van der Waals surface area contributed by atoms with Crippen molar-refractivity contribution in [1.29, 1.82) is 0 Å². The zero-order chi connectivity index (χ0) is 22.7. The van der Waals surface area contributed by atoms with Crippen LogP contribution in [0.25, 0.3) is 0 Å². The molecule has 0 unspecified atom stereocenters. The summed E-state index contributed by atoms with van der Waals surface area (Å²) in [4.78, 5) is 12.6. The van der Waals surface area contributed by atoms with Crippen molar-refractivity contribution >= 4 is 39.1 Å². The molecule has 0 aliphatic heterocycles. The van der Waals surface area contributed by atoms with Crippen LogP contribution in [0, 0.1) is 13.8 Å². The third-order valence-corrected chi connectivity index (χ3v) is 5.99. The van der Waals surface area contributed by atoms with E-state index >= 15 is 0 Å². The van der Waals surface area contributed by atoms with E-state index in [4.69, 9.17) is 16.3 Å². The van der Waals surface area contributed by atoms with Crippen molar-refractivity contribution in [3.63, 3.8) is 0 Å². The molecule has 0 aliphatic rings. The SMILES string of the molecule is Cc1nn(Cc2ccc(C(=O)Nc3cnn(COc4ccc(Br)cc4)c3)cc2)c(C)c1Cl. The molecule has 164 valence electrons. The van der Waals surface area contributed by atoms with Crippen molar-refractivity contribution in [3.8, 4) is 5.75 Å². The van der Waals surface area contributed by atoms with Crippen LogP contribution in [0.1, 0.15) is 27.3 Å². The van der Waals surface area contributed by atoms with Gasteiger partial charge in [-0.2, -0.15) is 10.2 Å². The second-order valence-corrected chi connectivity index (χ2v) is 8.58. The summed E-state index contributed by atoms with van der Waals surface area (Å²) in [6.07, 6.45) is 3.31. The Balaban J connectivity index is 1.33. The number of anilines is 1. The van der Waals surface area contributed by atoms with E-state index in [-0.39, 0.29) is 12.6 Å². The van der Waals surface area contributed by atoms with E-state index < -0.39 is 0 Å². The number of amides is 1. The lowest BCUT2D eigenvalue weighted by molar-refractivity contribution is 0.102. The summed E-state index contributed by atoms with van der Waals surface area (Å²) in [7, 11) is 0. The lowest BCUT2D eigenvalue weighted by Gasteiger charge is -2.07. The Hall–Kier alpha value is -3.10. The number of nitrogens with one attached hydrogen (secondary N) is 1. The highest BCUT2D eigenvalue weighted by Gasteiger charge is 2.11. The van der Waals surface area contributed by atoms with Gasteiger partial charge in [0.1, 0.15) is 5.75 Å². The number of aromatic nitrogens is 4. The number of carbonyl (C=O) groups excluding carboxylic acids is 1. The van der Waals surface area contributed by atoms with E-state index in [2.05, 4.69) is 31.4 Å². The molecular weight excluding hydrogens is 494 g/mol. The minimum absolute atomic E-state index is 0.209. The Labute approximate surface area is 199 Å². The number of nitrogens with zero attached hydrogens (tertiary/aromatic N) is 4. The van der Waals surface area contributed by atoms with Gasteiger partial charge in [-0.15, -0.1) is 0 Å². The van der Waals surface area contributed by atoms with Crippen molar-refractivity contribution in [2.45, 2.75) is 27.1 Å². The molecule has 4 aromatic rings. The number of hydrogen-bond donors (Lipinski definition) is 1. The first kappa shape index (κ1) is 22.1. The van der Waals surface area contributed by atoms with Crippen LogP contribution in [0.3, 0.4) is 0 Å². The highest BCUT2D eigenvalue weighted by atomic mass is 79.9. The zero-order valence-electron chi connectivity index (χ0n) is 17.5. The van der Waals surface area contributed by atoms with Gasteiger partial charge in [0.15, 0.2) is 6.73 Å². The van der Waals surface area contributed by atoms with Gasteiger partial charge in [0.05, 0.1) is 41.0 Å². The van der Waals surface area contributed by atoms with E-state index in [1.165, 1.54) is 0 Å². The van der Waals surface area contributed by atoms with Crippen molar-refractivity contribution in [3.05, 3.63) is 92.9 Å². The van der Waals surface area contributed by atoms with Gasteiger partial charge in [0.2, 0.25) is 0 Å². The molecule has 0 radical (unpaired) electrons. The highest BCUT2D eigenvalue weighted by Crippen LogP contribution is 2.20.